The fourth-order valence-electron chi connectivity index (χ4n) is 2.46. The molecule has 0 heterocycles. The van der Waals surface area contributed by atoms with Crippen molar-refractivity contribution in [1.29, 1.82) is 0 Å². The first-order chi connectivity index (χ1) is 12.0. The number of aliphatic carboxylic acids is 1. The van der Waals surface area contributed by atoms with Gasteiger partial charge in [-0.15, -0.1) is 0 Å². The van der Waals surface area contributed by atoms with Gasteiger partial charge in [-0.1, -0.05) is 49.4 Å². The van der Waals surface area contributed by atoms with Gasteiger partial charge in [0.25, 0.3) is 5.91 Å². The molecule has 0 aliphatic carbocycles. The standard InChI is InChI=1S/C19H21NO4S/c1-2-25(24)17-11-7-6-10-16(17)18(21)20-13-15(19(22)23)12-14-8-4-3-5-9-14/h3-11,15H,2,12-13H2,1H3,(H,20,21)(H,22,23). The van der Waals surface area contributed by atoms with E-state index in [0.717, 1.165) is 5.56 Å². The fourth-order valence-corrected chi connectivity index (χ4v) is 3.41. The molecule has 5 nitrogen and oxygen atoms in total. The maximum absolute atomic E-state index is 12.4. The van der Waals surface area contributed by atoms with Crippen LogP contribution in [0.4, 0.5) is 0 Å². The summed E-state index contributed by atoms with van der Waals surface area (Å²) in [6.07, 6.45) is 0.332. The molecule has 0 aromatic heterocycles. The molecule has 132 valence electrons. The van der Waals surface area contributed by atoms with Crippen LogP contribution in [-0.2, 0) is 22.0 Å². The number of hydrogen-bond donors (Lipinski definition) is 2. The number of carboxylic acids is 1. The number of carbonyl (C=O) groups excluding carboxylic acids is 1. The highest BCUT2D eigenvalue weighted by molar-refractivity contribution is 7.85. The van der Waals surface area contributed by atoms with Gasteiger partial charge in [-0.2, -0.15) is 0 Å². The minimum atomic E-state index is -1.25. The minimum absolute atomic E-state index is 0.0101. The molecule has 0 bridgehead atoms. The molecule has 2 unspecified atom stereocenters. The lowest BCUT2D eigenvalue weighted by molar-refractivity contribution is -0.141. The Labute approximate surface area is 149 Å². The highest BCUT2D eigenvalue weighted by atomic mass is 32.2. The van der Waals surface area contributed by atoms with E-state index in [9.17, 15) is 18.9 Å². The summed E-state index contributed by atoms with van der Waals surface area (Å²) >= 11 is 0. The number of hydrogen-bond acceptors (Lipinski definition) is 3. The summed E-state index contributed by atoms with van der Waals surface area (Å²) in [4.78, 5) is 24.4. The molecule has 2 atom stereocenters. The first-order valence-corrected chi connectivity index (χ1v) is 9.37. The lowest BCUT2D eigenvalue weighted by Gasteiger charge is -2.14. The third-order valence-electron chi connectivity index (χ3n) is 3.82. The molecule has 0 fully saturated rings. The maximum Gasteiger partial charge on any atom is 0.308 e. The normalized spacial score (nSPS) is 13.0. The molecule has 0 spiro atoms. The topological polar surface area (TPSA) is 83.5 Å². The van der Waals surface area contributed by atoms with Crippen LogP contribution in [-0.4, -0.2) is 33.5 Å². The SMILES string of the molecule is CCS(=O)c1ccccc1C(=O)NCC(Cc1ccccc1)C(=O)O. The first kappa shape index (κ1) is 18.9. The van der Waals surface area contributed by atoms with Gasteiger partial charge in [0.1, 0.15) is 0 Å². The summed E-state index contributed by atoms with van der Waals surface area (Å²) in [5, 5.41) is 12.1. The van der Waals surface area contributed by atoms with Gasteiger partial charge < -0.3 is 10.4 Å². The molecule has 0 saturated heterocycles. The molecular formula is C19H21NO4S. The minimum Gasteiger partial charge on any atom is -0.481 e. The third kappa shape index (κ3) is 5.26. The van der Waals surface area contributed by atoms with Gasteiger partial charge >= 0.3 is 5.97 Å². The average molecular weight is 359 g/mol. The van der Waals surface area contributed by atoms with E-state index >= 15 is 0 Å². The van der Waals surface area contributed by atoms with Gasteiger partial charge in [-0.05, 0) is 24.1 Å². The van der Waals surface area contributed by atoms with Crippen LogP contribution in [0.15, 0.2) is 59.5 Å². The molecular weight excluding hydrogens is 338 g/mol. The van der Waals surface area contributed by atoms with Crippen LogP contribution in [0.1, 0.15) is 22.8 Å². The molecule has 2 rings (SSSR count). The zero-order chi connectivity index (χ0) is 18.2. The Bertz CT molecular complexity index is 761. The van der Waals surface area contributed by atoms with Crippen LogP contribution in [0, 0.1) is 5.92 Å². The van der Waals surface area contributed by atoms with E-state index in [1.54, 1.807) is 31.2 Å². The summed E-state index contributed by atoms with van der Waals surface area (Å²) < 4.78 is 12.1. The Balaban J connectivity index is 2.07. The lowest BCUT2D eigenvalue weighted by Crippen LogP contribution is -2.34. The van der Waals surface area contributed by atoms with Crippen molar-refractivity contribution in [2.45, 2.75) is 18.2 Å². The zero-order valence-electron chi connectivity index (χ0n) is 14.0. The zero-order valence-corrected chi connectivity index (χ0v) is 14.8. The van der Waals surface area contributed by atoms with Gasteiger partial charge in [-0.25, -0.2) is 0 Å². The Hall–Kier alpha value is -2.47. The number of benzene rings is 2. The molecule has 2 aromatic carbocycles. The molecule has 6 heteroatoms. The average Bonchev–Trinajstić information content (AvgIpc) is 2.64. The summed E-state index contributed by atoms with van der Waals surface area (Å²) in [7, 11) is -1.25. The molecule has 2 aromatic rings. The first-order valence-electron chi connectivity index (χ1n) is 8.05. The molecule has 0 aliphatic rings. The second kappa shape index (κ2) is 9.13. The number of amides is 1. The molecule has 0 aliphatic heterocycles. The van der Waals surface area contributed by atoms with E-state index in [1.165, 1.54) is 0 Å². The van der Waals surface area contributed by atoms with Crippen molar-refractivity contribution in [2.75, 3.05) is 12.3 Å². The molecule has 2 N–H and O–H groups in total. The summed E-state index contributed by atoms with van der Waals surface area (Å²) in [6.45, 7) is 1.79. The number of nitrogens with one attached hydrogen (secondary N) is 1. The van der Waals surface area contributed by atoms with Gasteiger partial charge in [-0.3, -0.25) is 13.8 Å². The smallest absolute Gasteiger partial charge is 0.308 e. The van der Waals surface area contributed by atoms with Gasteiger partial charge in [0, 0.05) is 12.3 Å². The Morgan fingerprint density at radius 3 is 2.36 bits per heavy atom. The number of carboxylic acid groups (broad SMARTS) is 1. The van der Waals surface area contributed by atoms with Crippen LogP contribution in [0.25, 0.3) is 0 Å². The predicted molar refractivity (Wildman–Crippen MR) is 97.0 cm³/mol. The van der Waals surface area contributed by atoms with Crippen molar-refractivity contribution in [3.8, 4) is 0 Å². The van der Waals surface area contributed by atoms with Crippen LogP contribution in [0.2, 0.25) is 0 Å². The summed E-state index contributed by atoms with van der Waals surface area (Å²) in [5.41, 5.74) is 1.23. The van der Waals surface area contributed by atoms with E-state index < -0.39 is 28.6 Å². The number of rotatable bonds is 8. The molecule has 1 amide bonds. The molecule has 0 saturated carbocycles. The maximum atomic E-state index is 12.4. The van der Waals surface area contributed by atoms with Crippen molar-refractivity contribution in [1.82, 2.24) is 5.32 Å². The van der Waals surface area contributed by atoms with Gasteiger partial charge in [0.05, 0.1) is 27.2 Å². The van der Waals surface area contributed by atoms with E-state index in [-0.39, 0.29) is 6.54 Å². The largest absolute Gasteiger partial charge is 0.481 e. The fraction of sp³-hybridized carbons (Fsp3) is 0.263. The van der Waals surface area contributed by atoms with E-state index in [0.29, 0.717) is 22.6 Å². The van der Waals surface area contributed by atoms with Crippen molar-refractivity contribution in [3.63, 3.8) is 0 Å². The van der Waals surface area contributed by atoms with E-state index in [1.807, 2.05) is 30.3 Å². The van der Waals surface area contributed by atoms with Crippen molar-refractivity contribution >= 4 is 22.7 Å². The molecule has 25 heavy (non-hydrogen) atoms. The van der Waals surface area contributed by atoms with Crippen LogP contribution in [0.3, 0.4) is 0 Å². The molecule has 0 radical (unpaired) electrons. The second-order valence-corrected chi connectivity index (χ2v) is 7.27. The van der Waals surface area contributed by atoms with Gasteiger partial charge in [0.15, 0.2) is 0 Å². The highest BCUT2D eigenvalue weighted by Crippen LogP contribution is 2.14. The Kier molecular flexibility index (Phi) is 6.89. The summed E-state index contributed by atoms with van der Waals surface area (Å²) in [5.74, 6) is -1.68. The second-order valence-electron chi connectivity index (χ2n) is 5.57. The summed E-state index contributed by atoms with van der Waals surface area (Å²) in [6, 6.07) is 16.0. The van der Waals surface area contributed by atoms with Crippen molar-refractivity contribution in [3.05, 3.63) is 65.7 Å². The van der Waals surface area contributed by atoms with E-state index in [4.69, 9.17) is 0 Å². The van der Waals surface area contributed by atoms with E-state index in [2.05, 4.69) is 5.32 Å². The van der Waals surface area contributed by atoms with Gasteiger partial charge in [0.2, 0.25) is 0 Å². The Morgan fingerprint density at radius 2 is 1.72 bits per heavy atom. The van der Waals surface area contributed by atoms with Crippen LogP contribution in [0.5, 0.6) is 0 Å². The third-order valence-corrected chi connectivity index (χ3v) is 5.19. The van der Waals surface area contributed by atoms with Crippen LogP contribution >= 0.6 is 0 Å². The quantitative estimate of drug-likeness (QED) is 0.758. The predicted octanol–water partition coefficient (Wildman–Crippen LogP) is 2.49. The van der Waals surface area contributed by atoms with Crippen LogP contribution < -0.4 is 5.32 Å². The highest BCUT2D eigenvalue weighted by Gasteiger charge is 2.21. The Morgan fingerprint density at radius 1 is 1.08 bits per heavy atom. The van der Waals surface area contributed by atoms with Crippen molar-refractivity contribution in [2.24, 2.45) is 5.92 Å². The monoisotopic (exact) mass is 359 g/mol. The lowest BCUT2D eigenvalue weighted by atomic mass is 9.99. The number of carbonyl (C=O) groups is 2. The van der Waals surface area contributed by atoms with Crippen molar-refractivity contribution < 1.29 is 18.9 Å².